The van der Waals surface area contributed by atoms with Crippen molar-refractivity contribution in [3.63, 3.8) is 0 Å². The maximum absolute atomic E-state index is 12.6. The van der Waals surface area contributed by atoms with Crippen LogP contribution in [-0.4, -0.2) is 33.9 Å². The quantitative estimate of drug-likeness (QED) is 0.916. The summed E-state index contributed by atoms with van der Waals surface area (Å²) in [7, 11) is 0. The number of aromatic nitrogens is 2. The largest absolute Gasteiger partial charge is 0.343 e. The molecular formula is C19H25N3O2S. The van der Waals surface area contributed by atoms with Gasteiger partial charge in [-0.15, -0.1) is 11.3 Å². The highest BCUT2D eigenvalue weighted by atomic mass is 32.1. The molecule has 2 aromatic heterocycles. The van der Waals surface area contributed by atoms with Crippen LogP contribution in [0.1, 0.15) is 55.3 Å². The molecule has 1 fully saturated rings. The molecule has 0 unspecified atom stereocenters. The van der Waals surface area contributed by atoms with Gasteiger partial charge in [0.2, 0.25) is 5.91 Å². The van der Waals surface area contributed by atoms with Crippen LogP contribution in [0.5, 0.6) is 0 Å². The van der Waals surface area contributed by atoms with Crippen molar-refractivity contribution in [2.75, 3.05) is 13.1 Å². The van der Waals surface area contributed by atoms with Gasteiger partial charge in [0.1, 0.15) is 10.7 Å². The van der Waals surface area contributed by atoms with Gasteiger partial charge in [0.25, 0.3) is 5.56 Å². The van der Waals surface area contributed by atoms with Gasteiger partial charge in [-0.2, -0.15) is 0 Å². The van der Waals surface area contributed by atoms with Crippen molar-refractivity contribution in [1.29, 1.82) is 0 Å². The van der Waals surface area contributed by atoms with E-state index >= 15 is 0 Å². The van der Waals surface area contributed by atoms with E-state index in [-0.39, 0.29) is 11.5 Å². The van der Waals surface area contributed by atoms with Gasteiger partial charge in [0.15, 0.2) is 0 Å². The minimum atomic E-state index is -0.0301. The molecule has 0 spiro atoms. The highest BCUT2D eigenvalue weighted by Crippen LogP contribution is 2.35. The second kappa shape index (κ2) is 6.90. The summed E-state index contributed by atoms with van der Waals surface area (Å²) in [6.07, 6.45) is 7.54. The Balaban J connectivity index is 1.53. The molecule has 1 aliphatic heterocycles. The lowest BCUT2D eigenvalue weighted by Crippen LogP contribution is -2.35. The Bertz CT molecular complexity index is 848. The predicted octanol–water partition coefficient (Wildman–Crippen LogP) is 3.05. The average molecular weight is 359 g/mol. The topological polar surface area (TPSA) is 66.1 Å². The number of fused-ring (bicyclic) bond motifs is 3. The number of carbonyl (C=O) groups is 1. The van der Waals surface area contributed by atoms with Gasteiger partial charge in [-0.1, -0.05) is 6.92 Å². The third-order valence-corrected chi connectivity index (χ3v) is 6.65. The Morgan fingerprint density at radius 2 is 2.12 bits per heavy atom. The summed E-state index contributed by atoms with van der Waals surface area (Å²) in [6.45, 7) is 4.01. The van der Waals surface area contributed by atoms with Crippen molar-refractivity contribution < 1.29 is 4.79 Å². The molecule has 1 saturated heterocycles. The number of nitrogens with zero attached hydrogens (tertiary/aromatic N) is 2. The van der Waals surface area contributed by atoms with E-state index in [1.807, 2.05) is 4.90 Å². The molecule has 4 rings (SSSR count). The SMILES string of the molecule is C[C@H]1CCc2c(sc3nc(CCC(=O)N4CCCCC4)[nH]c(=O)c23)C1. The Labute approximate surface area is 151 Å². The van der Waals surface area contributed by atoms with E-state index in [1.54, 1.807) is 11.3 Å². The summed E-state index contributed by atoms with van der Waals surface area (Å²) in [5, 5.41) is 0.790. The lowest BCUT2D eigenvalue weighted by Gasteiger charge is -2.26. The van der Waals surface area contributed by atoms with E-state index < -0.39 is 0 Å². The minimum Gasteiger partial charge on any atom is -0.343 e. The fraction of sp³-hybridized carbons (Fsp3) is 0.632. The first-order valence-electron chi connectivity index (χ1n) is 9.43. The smallest absolute Gasteiger partial charge is 0.259 e. The fourth-order valence-electron chi connectivity index (χ4n) is 4.04. The summed E-state index contributed by atoms with van der Waals surface area (Å²) in [6, 6.07) is 0. The maximum atomic E-state index is 12.6. The van der Waals surface area contributed by atoms with Crippen LogP contribution in [0.15, 0.2) is 4.79 Å². The number of hydrogen-bond donors (Lipinski definition) is 1. The van der Waals surface area contributed by atoms with Crippen molar-refractivity contribution in [1.82, 2.24) is 14.9 Å². The molecule has 2 aliphatic rings. The molecule has 0 bridgehead atoms. The van der Waals surface area contributed by atoms with E-state index in [2.05, 4.69) is 16.9 Å². The number of rotatable bonds is 3. The maximum Gasteiger partial charge on any atom is 0.259 e. The zero-order valence-corrected chi connectivity index (χ0v) is 15.6. The first-order chi connectivity index (χ1) is 12.1. The normalized spacial score (nSPS) is 20.7. The van der Waals surface area contributed by atoms with Crippen molar-refractivity contribution in [3.05, 3.63) is 26.6 Å². The molecular weight excluding hydrogens is 334 g/mol. The zero-order valence-electron chi connectivity index (χ0n) is 14.8. The van der Waals surface area contributed by atoms with Gasteiger partial charge in [-0.25, -0.2) is 4.98 Å². The molecule has 0 aromatic carbocycles. The summed E-state index contributed by atoms with van der Waals surface area (Å²) in [4.78, 5) is 36.6. The second-order valence-corrected chi connectivity index (χ2v) is 8.57. The third kappa shape index (κ3) is 3.36. The molecule has 0 saturated carbocycles. The number of H-pyrrole nitrogens is 1. The number of hydrogen-bond acceptors (Lipinski definition) is 4. The highest BCUT2D eigenvalue weighted by molar-refractivity contribution is 7.18. The monoisotopic (exact) mass is 359 g/mol. The first kappa shape index (κ1) is 16.8. The summed E-state index contributed by atoms with van der Waals surface area (Å²) >= 11 is 1.67. The molecule has 2 aromatic rings. The number of thiophene rings is 1. The minimum absolute atomic E-state index is 0.0301. The molecule has 3 heterocycles. The molecule has 5 nitrogen and oxygen atoms in total. The second-order valence-electron chi connectivity index (χ2n) is 7.49. The Morgan fingerprint density at radius 1 is 1.32 bits per heavy atom. The van der Waals surface area contributed by atoms with Gasteiger partial charge in [-0.3, -0.25) is 9.59 Å². The van der Waals surface area contributed by atoms with Crippen LogP contribution in [0.25, 0.3) is 10.2 Å². The van der Waals surface area contributed by atoms with Gasteiger partial charge < -0.3 is 9.88 Å². The number of likely N-dealkylation sites (tertiary alicyclic amines) is 1. The number of amides is 1. The first-order valence-corrected chi connectivity index (χ1v) is 10.2. The Morgan fingerprint density at radius 3 is 2.92 bits per heavy atom. The molecule has 1 atom stereocenters. The number of nitrogens with one attached hydrogen (secondary N) is 1. The van der Waals surface area contributed by atoms with Crippen molar-refractivity contribution in [3.8, 4) is 0 Å². The molecule has 25 heavy (non-hydrogen) atoms. The number of carbonyl (C=O) groups excluding carboxylic acids is 1. The van der Waals surface area contributed by atoms with Gasteiger partial charge in [0.05, 0.1) is 5.39 Å². The van der Waals surface area contributed by atoms with Crippen molar-refractivity contribution in [2.45, 2.75) is 58.3 Å². The van der Waals surface area contributed by atoms with Gasteiger partial charge in [0, 0.05) is 30.8 Å². The predicted molar refractivity (Wildman–Crippen MR) is 100 cm³/mol. The van der Waals surface area contributed by atoms with Crippen molar-refractivity contribution in [2.24, 2.45) is 5.92 Å². The lowest BCUT2D eigenvalue weighted by atomic mass is 9.89. The zero-order chi connectivity index (χ0) is 17.4. The molecule has 1 N–H and O–H groups in total. The average Bonchev–Trinajstić information content (AvgIpc) is 2.98. The van der Waals surface area contributed by atoms with E-state index in [0.29, 0.717) is 24.6 Å². The molecule has 134 valence electrons. The van der Waals surface area contributed by atoms with Crippen LogP contribution in [0.2, 0.25) is 0 Å². The molecule has 0 radical (unpaired) electrons. The van der Waals surface area contributed by atoms with E-state index in [9.17, 15) is 9.59 Å². The number of aryl methyl sites for hydroxylation is 2. The standard InChI is InChI=1S/C19H25N3O2S/c1-12-5-6-13-14(11-12)25-19-17(13)18(24)20-15(21-19)7-8-16(23)22-9-3-2-4-10-22/h12H,2-11H2,1H3,(H,20,21,24)/t12-/m0/s1. The van der Waals surface area contributed by atoms with Crippen LogP contribution in [0.3, 0.4) is 0 Å². The lowest BCUT2D eigenvalue weighted by molar-refractivity contribution is -0.132. The van der Waals surface area contributed by atoms with Gasteiger partial charge in [-0.05, 0) is 50.0 Å². The molecule has 1 aliphatic carbocycles. The molecule has 6 heteroatoms. The third-order valence-electron chi connectivity index (χ3n) is 5.50. The van der Waals surface area contributed by atoms with Crippen molar-refractivity contribution >= 4 is 27.5 Å². The summed E-state index contributed by atoms with van der Waals surface area (Å²) in [5.74, 6) is 1.51. The molecule has 1 amide bonds. The van der Waals surface area contributed by atoms with E-state index in [1.165, 1.54) is 16.9 Å². The van der Waals surface area contributed by atoms with Gasteiger partial charge >= 0.3 is 0 Å². The highest BCUT2D eigenvalue weighted by Gasteiger charge is 2.23. The van der Waals surface area contributed by atoms with E-state index in [4.69, 9.17) is 0 Å². The van der Waals surface area contributed by atoms with Crippen LogP contribution in [-0.2, 0) is 24.1 Å². The summed E-state index contributed by atoms with van der Waals surface area (Å²) < 4.78 is 0. The van der Waals surface area contributed by atoms with E-state index in [0.717, 1.165) is 55.4 Å². The number of piperidine rings is 1. The number of aromatic amines is 1. The Hall–Kier alpha value is -1.69. The van der Waals surface area contributed by atoms with Crippen LogP contribution >= 0.6 is 11.3 Å². The van der Waals surface area contributed by atoms with Crippen LogP contribution in [0, 0.1) is 5.92 Å². The Kier molecular flexibility index (Phi) is 4.63. The van der Waals surface area contributed by atoms with Crippen LogP contribution < -0.4 is 5.56 Å². The fourth-order valence-corrected chi connectivity index (χ4v) is 5.44. The summed E-state index contributed by atoms with van der Waals surface area (Å²) in [5.41, 5.74) is 1.18. The van der Waals surface area contributed by atoms with Crippen LogP contribution in [0.4, 0.5) is 0 Å².